The van der Waals surface area contributed by atoms with Gasteiger partial charge in [0.05, 0.1) is 13.2 Å². The summed E-state index contributed by atoms with van der Waals surface area (Å²) in [4.78, 5) is 14.3. The monoisotopic (exact) mass is 341 g/mol. The molecule has 0 atom stereocenters. The van der Waals surface area contributed by atoms with Crippen LogP contribution in [0.4, 0.5) is 0 Å². The Morgan fingerprint density at radius 3 is 2.52 bits per heavy atom. The van der Waals surface area contributed by atoms with Gasteiger partial charge in [-0.1, -0.05) is 30.3 Å². The molecule has 2 saturated heterocycles. The summed E-state index contributed by atoms with van der Waals surface area (Å²) in [5.41, 5.74) is 0. The normalized spacial score (nSPS) is 19.9. The van der Waals surface area contributed by atoms with Gasteiger partial charge in [-0.2, -0.15) is 0 Å². The van der Waals surface area contributed by atoms with E-state index in [9.17, 15) is 4.79 Å². The van der Waals surface area contributed by atoms with Crippen LogP contribution < -0.4 is 4.74 Å². The number of nitrogens with zero attached hydrogens (tertiary/aromatic N) is 1. The van der Waals surface area contributed by atoms with Crippen LogP contribution in [0.25, 0.3) is 10.8 Å². The summed E-state index contributed by atoms with van der Waals surface area (Å²) in [5, 5.41) is 2.27. The lowest BCUT2D eigenvalue weighted by Gasteiger charge is -2.43. The van der Waals surface area contributed by atoms with Gasteiger partial charge in [-0.25, -0.2) is 0 Å². The van der Waals surface area contributed by atoms with Gasteiger partial charge in [-0.3, -0.25) is 4.79 Å². The summed E-state index contributed by atoms with van der Waals surface area (Å²) < 4.78 is 17.3. The van der Waals surface area contributed by atoms with E-state index < -0.39 is 5.79 Å². The number of hydrogen-bond acceptors (Lipinski definition) is 4. The number of ether oxygens (including phenoxy) is 3. The number of piperidine rings is 1. The molecule has 2 fully saturated rings. The molecular formula is C20H23NO4. The molecule has 2 heterocycles. The van der Waals surface area contributed by atoms with Gasteiger partial charge < -0.3 is 19.1 Å². The highest BCUT2D eigenvalue weighted by atomic mass is 16.7. The van der Waals surface area contributed by atoms with Crippen molar-refractivity contribution in [2.45, 2.75) is 25.0 Å². The summed E-state index contributed by atoms with van der Waals surface area (Å²) in [5.74, 6) is 0.270. The molecule has 0 saturated carbocycles. The quantitative estimate of drug-likeness (QED) is 0.861. The molecule has 25 heavy (non-hydrogen) atoms. The molecule has 1 spiro atoms. The SMILES string of the molecule is O=C(COc1ccc2ccccc2c1)N1CCC2(CC1)OCCCO2. The first-order valence-corrected chi connectivity index (χ1v) is 8.91. The minimum absolute atomic E-state index is 0.0128. The number of amides is 1. The van der Waals surface area contributed by atoms with Gasteiger partial charge >= 0.3 is 0 Å². The lowest BCUT2D eigenvalue weighted by molar-refractivity contribution is -0.282. The second kappa shape index (κ2) is 7.02. The highest BCUT2D eigenvalue weighted by molar-refractivity contribution is 5.84. The Balaban J connectivity index is 1.31. The Bertz CT molecular complexity index is 744. The topological polar surface area (TPSA) is 48.0 Å². The fourth-order valence-corrected chi connectivity index (χ4v) is 3.50. The van der Waals surface area contributed by atoms with Gasteiger partial charge in [0.1, 0.15) is 5.75 Å². The third-order valence-corrected chi connectivity index (χ3v) is 4.98. The minimum Gasteiger partial charge on any atom is -0.484 e. The van der Waals surface area contributed by atoms with Crippen LogP contribution in [0.5, 0.6) is 5.75 Å². The molecule has 0 radical (unpaired) electrons. The van der Waals surface area contributed by atoms with E-state index in [1.54, 1.807) is 0 Å². The Morgan fingerprint density at radius 1 is 1.04 bits per heavy atom. The van der Waals surface area contributed by atoms with Gasteiger partial charge in [0, 0.05) is 25.9 Å². The first kappa shape index (κ1) is 16.4. The van der Waals surface area contributed by atoms with E-state index in [0.29, 0.717) is 13.1 Å². The maximum absolute atomic E-state index is 12.4. The van der Waals surface area contributed by atoms with Crippen molar-refractivity contribution in [2.24, 2.45) is 0 Å². The van der Waals surface area contributed by atoms with Gasteiger partial charge in [0.2, 0.25) is 0 Å². The standard InChI is InChI=1S/C20H23NO4/c22-19(21-10-8-20(9-11-21)24-12-3-13-25-20)15-23-18-7-6-16-4-1-2-5-17(16)14-18/h1-2,4-7,14H,3,8-13,15H2. The Hall–Kier alpha value is -2.11. The lowest BCUT2D eigenvalue weighted by Crippen LogP contribution is -2.52. The summed E-state index contributed by atoms with van der Waals surface area (Å²) in [6.45, 7) is 2.87. The summed E-state index contributed by atoms with van der Waals surface area (Å²) in [6.07, 6.45) is 2.41. The highest BCUT2D eigenvalue weighted by Crippen LogP contribution is 2.30. The molecule has 2 aliphatic rings. The first-order chi connectivity index (χ1) is 12.2. The Kier molecular flexibility index (Phi) is 4.59. The molecule has 0 N–H and O–H groups in total. The average molecular weight is 341 g/mol. The third kappa shape index (κ3) is 3.62. The van der Waals surface area contributed by atoms with E-state index in [1.165, 1.54) is 0 Å². The predicted octanol–water partition coefficient (Wildman–Crippen LogP) is 2.97. The van der Waals surface area contributed by atoms with E-state index >= 15 is 0 Å². The lowest BCUT2D eigenvalue weighted by atomic mass is 10.0. The molecule has 0 unspecified atom stereocenters. The van der Waals surface area contributed by atoms with Crippen molar-refractivity contribution in [2.75, 3.05) is 32.9 Å². The molecule has 2 aliphatic heterocycles. The van der Waals surface area contributed by atoms with Crippen molar-refractivity contribution in [1.82, 2.24) is 4.90 Å². The van der Waals surface area contributed by atoms with Crippen LogP contribution in [0, 0.1) is 0 Å². The second-order valence-electron chi connectivity index (χ2n) is 6.64. The van der Waals surface area contributed by atoms with Crippen LogP contribution in [0.3, 0.4) is 0 Å². The zero-order valence-electron chi connectivity index (χ0n) is 14.3. The minimum atomic E-state index is -0.464. The number of fused-ring (bicyclic) bond motifs is 1. The van der Waals surface area contributed by atoms with Gasteiger partial charge in [0.15, 0.2) is 12.4 Å². The molecule has 132 valence electrons. The molecule has 5 heteroatoms. The maximum atomic E-state index is 12.4. The number of hydrogen-bond donors (Lipinski definition) is 0. The smallest absolute Gasteiger partial charge is 0.260 e. The van der Waals surface area contributed by atoms with Crippen LogP contribution in [0.1, 0.15) is 19.3 Å². The molecule has 2 aromatic carbocycles. The molecule has 0 aliphatic carbocycles. The van der Waals surface area contributed by atoms with E-state index in [1.807, 2.05) is 41.3 Å². The molecular weight excluding hydrogens is 318 g/mol. The zero-order valence-corrected chi connectivity index (χ0v) is 14.3. The van der Waals surface area contributed by atoms with Crippen LogP contribution in [-0.2, 0) is 14.3 Å². The van der Waals surface area contributed by atoms with Gasteiger partial charge in [0.25, 0.3) is 5.91 Å². The Morgan fingerprint density at radius 2 is 1.76 bits per heavy atom. The number of likely N-dealkylation sites (tertiary alicyclic amines) is 1. The van der Waals surface area contributed by atoms with Crippen molar-refractivity contribution in [3.63, 3.8) is 0 Å². The van der Waals surface area contributed by atoms with E-state index in [4.69, 9.17) is 14.2 Å². The van der Waals surface area contributed by atoms with Crippen molar-refractivity contribution < 1.29 is 19.0 Å². The van der Waals surface area contributed by atoms with Gasteiger partial charge in [-0.15, -0.1) is 0 Å². The van der Waals surface area contributed by atoms with E-state index in [-0.39, 0.29) is 12.5 Å². The largest absolute Gasteiger partial charge is 0.484 e. The molecule has 2 aromatic rings. The highest BCUT2D eigenvalue weighted by Gasteiger charge is 2.39. The van der Waals surface area contributed by atoms with Crippen molar-refractivity contribution in [1.29, 1.82) is 0 Å². The molecule has 0 aromatic heterocycles. The van der Waals surface area contributed by atoms with Crippen LogP contribution in [0.2, 0.25) is 0 Å². The molecule has 0 bridgehead atoms. The predicted molar refractivity (Wildman–Crippen MR) is 94.5 cm³/mol. The molecule has 5 nitrogen and oxygen atoms in total. The van der Waals surface area contributed by atoms with Crippen molar-refractivity contribution in [3.05, 3.63) is 42.5 Å². The summed E-state index contributed by atoms with van der Waals surface area (Å²) in [6, 6.07) is 14.0. The zero-order chi connectivity index (χ0) is 17.1. The van der Waals surface area contributed by atoms with Crippen LogP contribution in [0.15, 0.2) is 42.5 Å². The maximum Gasteiger partial charge on any atom is 0.260 e. The van der Waals surface area contributed by atoms with E-state index in [0.717, 1.165) is 49.0 Å². The fourth-order valence-electron chi connectivity index (χ4n) is 3.50. The third-order valence-electron chi connectivity index (χ3n) is 4.98. The first-order valence-electron chi connectivity index (χ1n) is 8.91. The van der Waals surface area contributed by atoms with Crippen molar-refractivity contribution >= 4 is 16.7 Å². The van der Waals surface area contributed by atoms with Crippen molar-refractivity contribution in [3.8, 4) is 5.75 Å². The fraction of sp³-hybridized carbons (Fsp3) is 0.450. The summed E-state index contributed by atoms with van der Waals surface area (Å²) in [7, 11) is 0. The number of rotatable bonds is 3. The van der Waals surface area contributed by atoms with Crippen LogP contribution >= 0.6 is 0 Å². The summed E-state index contributed by atoms with van der Waals surface area (Å²) >= 11 is 0. The Labute approximate surface area is 147 Å². The molecule has 1 amide bonds. The second-order valence-corrected chi connectivity index (χ2v) is 6.64. The number of carbonyl (C=O) groups is 1. The van der Waals surface area contributed by atoms with Crippen LogP contribution in [-0.4, -0.2) is 49.5 Å². The van der Waals surface area contributed by atoms with Gasteiger partial charge in [-0.05, 0) is 29.3 Å². The van der Waals surface area contributed by atoms with E-state index in [2.05, 4.69) is 6.07 Å². The number of carbonyl (C=O) groups excluding carboxylic acids is 1. The average Bonchev–Trinajstić information content (AvgIpc) is 2.67. The molecule has 4 rings (SSSR count). The number of benzene rings is 2.